The molecule has 1 heterocycles. The Morgan fingerprint density at radius 1 is 1.44 bits per heavy atom. The van der Waals surface area contributed by atoms with E-state index < -0.39 is 0 Å². The average Bonchev–Trinajstić information content (AvgIpc) is 2.85. The maximum Gasteiger partial charge on any atom is 0.306 e. The molecular formula is C13H17NO4. The number of fused-ring (bicyclic) bond motifs is 1. The van der Waals surface area contributed by atoms with Crippen molar-refractivity contribution in [2.45, 2.75) is 19.4 Å². The summed E-state index contributed by atoms with van der Waals surface area (Å²) < 4.78 is 15.2. The maximum absolute atomic E-state index is 11.0. The molecule has 0 aliphatic carbocycles. The molecule has 1 aliphatic heterocycles. The molecule has 1 N–H and O–H groups in total. The normalized spacial score (nSPS) is 14.3. The second-order valence-electron chi connectivity index (χ2n) is 4.11. The van der Waals surface area contributed by atoms with Gasteiger partial charge in [0.15, 0.2) is 11.5 Å². The minimum absolute atomic E-state index is 0.143. The Kier molecular flexibility index (Phi) is 4.04. The number of hydrogen-bond acceptors (Lipinski definition) is 5. The number of nitrogens with one attached hydrogen (secondary N) is 1. The molecule has 5 heteroatoms. The topological polar surface area (TPSA) is 56.8 Å². The summed E-state index contributed by atoms with van der Waals surface area (Å²) in [6.45, 7) is 2.90. The van der Waals surface area contributed by atoms with Crippen molar-refractivity contribution < 1.29 is 19.0 Å². The smallest absolute Gasteiger partial charge is 0.306 e. The van der Waals surface area contributed by atoms with Gasteiger partial charge in [0.2, 0.25) is 6.79 Å². The van der Waals surface area contributed by atoms with Crippen LogP contribution in [-0.2, 0) is 9.53 Å². The summed E-state index contributed by atoms with van der Waals surface area (Å²) >= 11 is 0. The fraction of sp³-hybridized carbons (Fsp3) is 0.462. The first kappa shape index (κ1) is 12.7. The number of esters is 1. The van der Waals surface area contributed by atoms with Crippen molar-refractivity contribution in [3.8, 4) is 11.5 Å². The molecular weight excluding hydrogens is 234 g/mol. The van der Waals surface area contributed by atoms with Gasteiger partial charge in [0.25, 0.3) is 0 Å². The van der Waals surface area contributed by atoms with E-state index in [0.29, 0.717) is 13.0 Å². The molecule has 0 aromatic heterocycles. The molecule has 0 radical (unpaired) electrons. The standard InChI is InChI=1S/C13H17NO4/c1-9(14-6-5-13(15)16-2)10-3-4-11-12(7-10)18-8-17-11/h3-4,7,9,14H,5-6,8H2,1-2H3. The number of rotatable bonds is 5. The third-order valence-electron chi connectivity index (χ3n) is 2.90. The van der Waals surface area contributed by atoms with Crippen molar-refractivity contribution in [2.24, 2.45) is 0 Å². The first-order chi connectivity index (χ1) is 8.70. The molecule has 5 nitrogen and oxygen atoms in total. The largest absolute Gasteiger partial charge is 0.469 e. The number of hydrogen-bond donors (Lipinski definition) is 1. The Morgan fingerprint density at radius 3 is 3.00 bits per heavy atom. The van der Waals surface area contributed by atoms with Crippen LogP contribution in [0.3, 0.4) is 0 Å². The summed E-state index contributed by atoms with van der Waals surface area (Å²) in [5, 5.41) is 3.26. The van der Waals surface area contributed by atoms with Crippen LogP contribution < -0.4 is 14.8 Å². The highest BCUT2D eigenvalue weighted by Gasteiger charge is 2.15. The summed E-state index contributed by atoms with van der Waals surface area (Å²) in [4.78, 5) is 11.0. The van der Waals surface area contributed by atoms with Gasteiger partial charge in [0, 0.05) is 12.6 Å². The van der Waals surface area contributed by atoms with Crippen molar-refractivity contribution in [3.63, 3.8) is 0 Å². The summed E-state index contributed by atoms with van der Waals surface area (Å²) in [5.74, 6) is 1.34. The lowest BCUT2D eigenvalue weighted by atomic mass is 10.1. The highest BCUT2D eigenvalue weighted by atomic mass is 16.7. The van der Waals surface area contributed by atoms with Crippen LogP contribution in [0.5, 0.6) is 11.5 Å². The van der Waals surface area contributed by atoms with Gasteiger partial charge in [-0.15, -0.1) is 0 Å². The number of carbonyl (C=O) groups excluding carboxylic acids is 1. The van der Waals surface area contributed by atoms with Crippen molar-refractivity contribution >= 4 is 5.97 Å². The fourth-order valence-electron chi connectivity index (χ4n) is 1.79. The third kappa shape index (κ3) is 2.92. The predicted octanol–water partition coefficient (Wildman–Crippen LogP) is 1.63. The molecule has 0 saturated carbocycles. The third-order valence-corrected chi connectivity index (χ3v) is 2.90. The van der Waals surface area contributed by atoms with Gasteiger partial charge in [0.1, 0.15) is 0 Å². The Bertz CT molecular complexity index is 433. The average molecular weight is 251 g/mol. The minimum atomic E-state index is -0.208. The van der Waals surface area contributed by atoms with Crippen LogP contribution in [0.2, 0.25) is 0 Å². The molecule has 2 rings (SSSR count). The molecule has 0 spiro atoms. The van der Waals surface area contributed by atoms with Crippen molar-refractivity contribution in [3.05, 3.63) is 23.8 Å². The summed E-state index contributed by atoms with van der Waals surface area (Å²) in [6.07, 6.45) is 0.366. The van der Waals surface area contributed by atoms with E-state index in [1.807, 2.05) is 25.1 Å². The van der Waals surface area contributed by atoms with Gasteiger partial charge >= 0.3 is 5.97 Å². The monoisotopic (exact) mass is 251 g/mol. The molecule has 0 bridgehead atoms. The van der Waals surface area contributed by atoms with Crippen LogP contribution in [-0.4, -0.2) is 26.4 Å². The summed E-state index contributed by atoms with van der Waals surface area (Å²) in [5.41, 5.74) is 1.10. The molecule has 1 aromatic rings. The van der Waals surface area contributed by atoms with Crippen molar-refractivity contribution in [1.82, 2.24) is 5.32 Å². The summed E-state index contributed by atoms with van der Waals surface area (Å²) in [7, 11) is 1.39. The van der Waals surface area contributed by atoms with Crippen molar-refractivity contribution in [2.75, 3.05) is 20.4 Å². The molecule has 0 fully saturated rings. The first-order valence-electron chi connectivity index (χ1n) is 5.90. The van der Waals surface area contributed by atoms with Gasteiger partial charge in [0.05, 0.1) is 13.5 Å². The number of benzene rings is 1. The lowest BCUT2D eigenvalue weighted by Crippen LogP contribution is -2.22. The fourth-order valence-corrected chi connectivity index (χ4v) is 1.79. The highest BCUT2D eigenvalue weighted by Crippen LogP contribution is 2.34. The Morgan fingerprint density at radius 2 is 2.22 bits per heavy atom. The van der Waals surface area contributed by atoms with Crippen LogP contribution in [0.15, 0.2) is 18.2 Å². The Balaban J connectivity index is 1.89. The molecule has 1 aliphatic rings. The minimum Gasteiger partial charge on any atom is -0.469 e. The molecule has 1 atom stereocenters. The molecule has 18 heavy (non-hydrogen) atoms. The first-order valence-corrected chi connectivity index (χ1v) is 5.90. The van der Waals surface area contributed by atoms with E-state index in [4.69, 9.17) is 9.47 Å². The number of ether oxygens (including phenoxy) is 3. The van der Waals surface area contributed by atoms with Crippen LogP contribution in [0.25, 0.3) is 0 Å². The predicted molar refractivity (Wildman–Crippen MR) is 65.6 cm³/mol. The number of carbonyl (C=O) groups is 1. The van der Waals surface area contributed by atoms with Gasteiger partial charge < -0.3 is 19.5 Å². The Labute approximate surface area is 106 Å². The van der Waals surface area contributed by atoms with Gasteiger partial charge in [-0.3, -0.25) is 4.79 Å². The highest BCUT2D eigenvalue weighted by molar-refractivity contribution is 5.69. The van der Waals surface area contributed by atoms with E-state index in [1.54, 1.807) is 0 Å². The number of methoxy groups -OCH3 is 1. The lowest BCUT2D eigenvalue weighted by Gasteiger charge is -2.14. The molecule has 98 valence electrons. The van der Waals surface area contributed by atoms with Gasteiger partial charge in [-0.1, -0.05) is 6.07 Å². The van der Waals surface area contributed by atoms with E-state index in [-0.39, 0.29) is 18.8 Å². The van der Waals surface area contributed by atoms with Crippen LogP contribution in [0, 0.1) is 0 Å². The zero-order chi connectivity index (χ0) is 13.0. The zero-order valence-electron chi connectivity index (χ0n) is 10.6. The molecule has 0 amide bonds. The van der Waals surface area contributed by atoms with E-state index >= 15 is 0 Å². The SMILES string of the molecule is COC(=O)CCNC(C)c1ccc2c(c1)OCO2. The van der Waals surface area contributed by atoms with Crippen molar-refractivity contribution in [1.29, 1.82) is 0 Å². The van der Waals surface area contributed by atoms with Gasteiger partial charge in [-0.2, -0.15) is 0 Å². The lowest BCUT2D eigenvalue weighted by molar-refractivity contribution is -0.140. The Hall–Kier alpha value is -1.75. The van der Waals surface area contributed by atoms with Gasteiger partial charge in [-0.05, 0) is 24.6 Å². The molecule has 1 unspecified atom stereocenters. The summed E-state index contributed by atoms with van der Waals surface area (Å²) in [6, 6.07) is 5.99. The van der Waals surface area contributed by atoms with Crippen LogP contribution in [0.4, 0.5) is 0 Å². The van der Waals surface area contributed by atoms with E-state index in [2.05, 4.69) is 10.1 Å². The van der Waals surface area contributed by atoms with Gasteiger partial charge in [-0.25, -0.2) is 0 Å². The quantitative estimate of drug-likeness (QED) is 0.806. The maximum atomic E-state index is 11.0. The molecule has 1 aromatic carbocycles. The van der Waals surface area contributed by atoms with E-state index in [1.165, 1.54) is 7.11 Å². The van der Waals surface area contributed by atoms with Crippen LogP contribution in [0.1, 0.15) is 24.9 Å². The zero-order valence-corrected chi connectivity index (χ0v) is 10.6. The van der Waals surface area contributed by atoms with E-state index in [9.17, 15) is 4.79 Å². The second kappa shape index (κ2) is 5.73. The molecule has 0 saturated heterocycles. The van der Waals surface area contributed by atoms with E-state index in [0.717, 1.165) is 17.1 Å². The second-order valence-corrected chi connectivity index (χ2v) is 4.11. The van der Waals surface area contributed by atoms with Crippen LogP contribution >= 0.6 is 0 Å².